The molecule has 0 fully saturated rings. The molecule has 0 aromatic heterocycles. The summed E-state index contributed by atoms with van der Waals surface area (Å²) in [6.07, 6.45) is -0.960. The second-order valence-electron chi connectivity index (χ2n) is 4.49. The molecule has 0 aliphatic carbocycles. The third kappa shape index (κ3) is 4.48. The van der Waals surface area contributed by atoms with Crippen molar-refractivity contribution in [2.45, 2.75) is 6.18 Å². The molecular formula is C17H13F3O2. The number of alkyl halides is 3. The summed E-state index contributed by atoms with van der Waals surface area (Å²) in [7, 11) is 0. The van der Waals surface area contributed by atoms with Gasteiger partial charge >= 0.3 is 12.1 Å². The van der Waals surface area contributed by atoms with Gasteiger partial charge in [-0.3, -0.25) is 0 Å². The highest BCUT2D eigenvalue weighted by atomic mass is 19.4. The Hall–Kier alpha value is -2.56. The van der Waals surface area contributed by atoms with Crippen LogP contribution in [0.4, 0.5) is 13.2 Å². The predicted molar refractivity (Wildman–Crippen MR) is 77.2 cm³/mol. The van der Waals surface area contributed by atoms with Crippen LogP contribution in [-0.2, 0) is 10.9 Å². The summed E-state index contributed by atoms with van der Waals surface area (Å²) in [4.78, 5) is 11.7. The molecule has 0 radical (unpaired) electrons. The van der Waals surface area contributed by atoms with Gasteiger partial charge in [-0.1, -0.05) is 36.4 Å². The molecule has 2 nitrogen and oxygen atoms in total. The van der Waals surface area contributed by atoms with Gasteiger partial charge in [-0.2, -0.15) is 13.2 Å². The van der Waals surface area contributed by atoms with E-state index in [2.05, 4.69) is 0 Å². The number of carbonyl (C=O) groups is 1. The molecule has 0 unspecified atom stereocenters. The molecule has 5 heteroatoms. The fourth-order valence-electron chi connectivity index (χ4n) is 1.75. The molecule has 22 heavy (non-hydrogen) atoms. The highest BCUT2D eigenvalue weighted by molar-refractivity contribution is 5.89. The quantitative estimate of drug-likeness (QED) is 0.773. The summed E-state index contributed by atoms with van der Waals surface area (Å²) in [6, 6.07) is 13.4. The zero-order valence-electron chi connectivity index (χ0n) is 11.5. The molecule has 0 aliphatic heterocycles. The first-order valence-corrected chi connectivity index (χ1v) is 6.53. The number of ether oxygens (including phenoxy) is 1. The molecule has 2 rings (SSSR count). The van der Waals surface area contributed by atoms with Crippen molar-refractivity contribution in [1.29, 1.82) is 0 Å². The highest BCUT2D eigenvalue weighted by Crippen LogP contribution is 2.29. The summed E-state index contributed by atoms with van der Waals surface area (Å²) in [6.45, 7) is 0.0503. The maximum atomic E-state index is 12.4. The first kappa shape index (κ1) is 15.8. The van der Waals surface area contributed by atoms with E-state index in [-0.39, 0.29) is 12.2 Å². The second kappa shape index (κ2) is 6.93. The van der Waals surface area contributed by atoms with Gasteiger partial charge in [-0.25, -0.2) is 4.79 Å². The number of hydrogen-bond donors (Lipinski definition) is 0. The van der Waals surface area contributed by atoms with Gasteiger partial charge in [-0.15, -0.1) is 0 Å². The average Bonchev–Trinajstić information content (AvgIpc) is 2.52. The smallest absolute Gasteiger partial charge is 0.416 e. The Bertz CT molecular complexity index is 644. The van der Waals surface area contributed by atoms with Crippen LogP contribution in [0.3, 0.4) is 0 Å². The van der Waals surface area contributed by atoms with Gasteiger partial charge in [0.05, 0.1) is 11.1 Å². The normalized spacial score (nSPS) is 11.6. The number of esters is 1. The lowest BCUT2D eigenvalue weighted by Gasteiger charge is -2.07. The van der Waals surface area contributed by atoms with Gasteiger partial charge < -0.3 is 4.74 Å². The van der Waals surface area contributed by atoms with E-state index in [0.717, 1.165) is 29.8 Å². The van der Waals surface area contributed by atoms with Crippen molar-refractivity contribution in [2.75, 3.05) is 6.61 Å². The van der Waals surface area contributed by atoms with Crippen LogP contribution < -0.4 is 0 Å². The number of rotatable bonds is 4. The van der Waals surface area contributed by atoms with Gasteiger partial charge in [0.1, 0.15) is 6.61 Å². The van der Waals surface area contributed by atoms with Crippen molar-refractivity contribution < 1.29 is 22.7 Å². The third-order valence-electron chi connectivity index (χ3n) is 2.87. The molecule has 0 saturated carbocycles. The maximum absolute atomic E-state index is 12.4. The predicted octanol–water partition coefficient (Wildman–Crippen LogP) is 4.58. The molecular weight excluding hydrogens is 293 g/mol. The second-order valence-corrected chi connectivity index (χ2v) is 4.49. The summed E-state index contributed by atoms with van der Waals surface area (Å²) in [5.74, 6) is -0.661. The van der Waals surface area contributed by atoms with Crippen molar-refractivity contribution in [3.05, 3.63) is 77.4 Å². The number of hydrogen-bond acceptors (Lipinski definition) is 2. The Labute approximate surface area is 125 Å². The van der Waals surface area contributed by atoms with E-state index in [1.54, 1.807) is 12.2 Å². The van der Waals surface area contributed by atoms with Crippen LogP contribution in [0, 0.1) is 0 Å². The van der Waals surface area contributed by atoms with Crippen LogP contribution in [0.1, 0.15) is 21.5 Å². The Balaban J connectivity index is 1.89. The third-order valence-corrected chi connectivity index (χ3v) is 2.87. The zero-order valence-corrected chi connectivity index (χ0v) is 11.5. The summed E-state index contributed by atoms with van der Waals surface area (Å²) in [5.41, 5.74) is 0.252. The van der Waals surface area contributed by atoms with Crippen LogP contribution in [-0.4, -0.2) is 12.6 Å². The molecule has 114 valence electrons. The minimum Gasteiger partial charge on any atom is -0.458 e. The van der Waals surface area contributed by atoms with E-state index >= 15 is 0 Å². The maximum Gasteiger partial charge on any atom is 0.416 e. The van der Waals surface area contributed by atoms with Crippen molar-refractivity contribution in [3.63, 3.8) is 0 Å². The first-order valence-electron chi connectivity index (χ1n) is 6.53. The monoisotopic (exact) mass is 306 g/mol. The molecule has 0 N–H and O–H groups in total. The molecule has 0 amide bonds. The Morgan fingerprint density at radius 3 is 2.23 bits per heavy atom. The number of halogens is 3. The number of benzene rings is 2. The lowest BCUT2D eigenvalue weighted by molar-refractivity contribution is -0.137. The molecule has 0 spiro atoms. The summed E-state index contributed by atoms with van der Waals surface area (Å²) in [5, 5.41) is 0. The van der Waals surface area contributed by atoms with E-state index < -0.39 is 17.7 Å². The topological polar surface area (TPSA) is 26.3 Å². The van der Waals surface area contributed by atoms with Crippen LogP contribution >= 0.6 is 0 Å². The van der Waals surface area contributed by atoms with E-state index in [1.165, 1.54) is 0 Å². The first-order chi connectivity index (χ1) is 10.5. The molecule has 0 atom stereocenters. The van der Waals surface area contributed by atoms with Crippen molar-refractivity contribution >= 4 is 12.0 Å². The minimum atomic E-state index is -4.42. The molecule has 0 bridgehead atoms. The fraction of sp³-hybridized carbons (Fsp3) is 0.118. The molecule has 0 heterocycles. The van der Waals surface area contributed by atoms with E-state index in [4.69, 9.17) is 4.74 Å². The average molecular weight is 306 g/mol. The largest absolute Gasteiger partial charge is 0.458 e. The van der Waals surface area contributed by atoms with E-state index in [9.17, 15) is 18.0 Å². The summed E-state index contributed by atoms with van der Waals surface area (Å²) >= 11 is 0. The Morgan fingerprint density at radius 1 is 1.00 bits per heavy atom. The van der Waals surface area contributed by atoms with Crippen LogP contribution in [0.25, 0.3) is 6.08 Å². The lowest BCUT2D eigenvalue weighted by atomic mass is 10.1. The minimum absolute atomic E-state index is 0.0503. The lowest BCUT2D eigenvalue weighted by Crippen LogP contribution is -2.08. The van der Waals surface area contributed by atoms with Gasteiger partial charge in [0.25, 0.3) is 0 Å². The molecule has 0 saturated heterocycles. The number of carbonyl (C=O) groups excluding carboxylic acids is 1. The van der Waals surface area contributed by atoms with E-state index in [0.29, 0.717) is 0 Å². The van der Waals surface area contributed by atoms with Crippen molar-refractivity contribution in [3.8, 4) is 0 Å². The van der Waals surface area contributed by atoms with Gasteiger partial charge in [-0.05, 0) is 35.9 Å². The van der Waals surface area contributed by atoms with Crippen molar-refractivity contribution in [1.82, 2.24) is 0 Å². The standard InChI is InChI=1S/C17H13F3O2/c18-17(19,20)15-10-8-14(9-11-15)16(21)22-12-4-7-13-5-2-1-3-6-13/h1-11H,12H2/b7-4+. The molecule has 2 aromatic carbocycles. The molecule has 0 aliphatic rings. The van der Waals surface area contributed by atoms with Crippen molar-refractivity contribution in [2.24, 2.45) is 0 Å². The Kier molecular flexibility index (Phi) is 4.99. The SMILES string of the molecule is O=C(OC/C=C/c1ccccc1)c1ccc(C(F)(F)F)cc1. The van der Waals surface area contributed by atoms with Crippen LogP contribution in [0.2, 0.25) is 0 Å². The van der Waals surface area contributed by atoms with Gasteiger partial charge in [0.15, 0.2) is 0 Å². The fourth-order valence-corrected chi connectivity index (χ4v) is 1.75. The van der Waals surface area contributed by atoms with E-state index in [1.807, 2.05) is 30.3 Å². The highest BCUT2D eigenvalue weighted by Gasteiger charge is 2.30. The molecule has 2 aromatic rings. The van der Waals surface area contributed by atoms with Gasteiger partial charge in [0, 0.05) is 0 Å². The summed E-state index contributed by atoms with van der Waals surface area (Å²) < 4.78 is 42.2. The van der Waals surface area contributed by atoms with Crippen LogP contribution in [0.15, 0.2) is 60.7 Å². The zero-order chi connectivity index (χ0) is 16.0. The van der Waals surface area contributed by atoms with Gasteiger partial charge in [0.2, 0.25) is 0 Å². The Morgan fingerprint density at radius 2 is 1.64 bits per heavy atom. The van der Waals surface area contributed by atoms with Crippen LogP contribution in [0.5, 0.6) is 0 Å².